The summed E-state index contributed by atoms with van der Waals surface area (Å²) >= 11 is 0. The molecule has 0 spiro atoms. The van der Waals surface area contributed by atoms with Gasteiger partial charge >= 0.3 is 11.9 Å². The van der Waals surface area contributed by atoms with Gasteiger partial charge in [0.05, 0.1) is 42.8 Å². The Morgan fingerprint density at radius 2 is 1.64 bits per heavy atom. The first-order chi connectivity index (χ1) is 29.4. The molecule has 16 heteroatoms. The molecule has 2 fully saturated rings. The van der Waals surface area contributed by atoms with Gasteiger partial charge in [0.2, 0.25) is 5.91 Å². The molecule has 3 aromatic rings. The van der Waals surface area contributed by atoms with Crippen LogP contribution in [0.2, 0.25) is 0 Å². The first-order valence-corrected chi connectivity index (χ1v) is 22.4. The van der Waals surface area contributed by atoms with Crippen LogP contribution in [0.1, 0.15) is 119 Å². The van der Waals surface area contributed by atoms with Crippen molar-refractivity contribution >= 4 is 51.1 Å². The van der Waals surface area contributed by atoms with Crippen molar-refractivity contribution in [1.82, 2.24) is 9.96 Å². The van der Waals surface area contributed by atoms with Gasteiger partial charge in [-0.1, -0.05) is 58.2 Å². The summed E-state index contributed by atoms with van der Waals surface area (Å²) in [5, 5.41) is -1.50. The molecule has 0 aromatic heterocycles. The third kappa shape index (κ3) is 12.9. The fraction of sp³-hybridized carbons (Fsp3) is 0.479. The molecule has 350 valence electrons. The number of carbonyl (C=O) groups is 6. The molecule has 1 N–H and O–H groups in total. The van der Waals surface area contributed by atoms with Crippen LogP contribution in [0.3, 0.4) is 0 Å². The Kier molecular flexibility index (Phi) is 19.1. The van der Waals surface area contributed by atoms with Crippen molar-refractivity contribution in [3.8, 4) is 17.2 Å². The number of rotatable bonds is 19. The van der Waals surface area contributed by atoms with Gasteiger partial charge in [-0.2, -0.15) is 0 Å². The molecule has 0 radical (unpaired) electrons. The minimum atomic E-state index is -3.89. The van der Waals surface area contributed by atoms with E-state index in [1.54, 1.807) is 43.4 Å². The number of benzene rings is 3. The van der Waals surface area contributed by atoms with E-state index in [2.05, 4.69) is 11.9 Å². The molecule has 2 aliphatic heterocycles. The van der Waals surface area contributed by atoms with Crippen LogP contribution < -0.4 is 14.2 Å². The highest BCUT2D eigenvalue weighted by Crippen LogP contribution is 2.37. The monoisotopic (exact) mass is 908 g/mol. The maximum Gasteiger partial charge on any atom is 0.333 e. The Bertz CT molecular complexity index is 2290. The summed E-state index contributed by atoms with van der Waals surface area (Å²) in [6.45, 7) is 7.88. The number of Topliss-reactive ketones (excluding diaryl/α,β-unsaturated/α-hetero) is 1. The number of imide groups is 1. The maximum atomic E-state index is 14.4. The molecule has 0 bridgehead atoms. The second kappa shape index (κ2) is 23.3. The molecule has 5 rings (SSSR count). The van der Waals surface area contributed by atoms with E-state index in [9.17, 15) is 37.5 Å². The topological polar surface area (TPSA) is 192 Å². The lowest BCUT2D eigenvalue weighted by atomic mass is 9.91. The van der Waals surface area contributed by atoms with Crippen LogP contribution in [0.15, 0.2) is 54.6 Å². The van der Waals surface area contributed by atoms with Crippen LogP contribution in [0.25, 0.3) is 0 Å². The van der Waals surface area contributed by atoms with Crippen molar-refractivity contribution in [2.75, 3.05) is 27.4 Å². The molecule has 2 unspecified atom stereocenters. The van der Waals surface area contributed by atoms with Crippen LogP contribution in [0, 0.1) is 20.8 Å². The van der Waals surface area contributed by atoms with E-state index < -0.39 is 82.1 Å². The molecular weight excluding hydrogens is 845 g/mol. The van der Waals surface area contributed by atoms with Crippen molar-refractivity contribution in [2.45, 2.75) is 124 Å². The standard InChI is InChI=1S/C46H56N2O13S.2CH4/c1-8-36(33-23-30(4)43(58-6)39(25-33)57-5)44(52)47-21-10-9-14-37(47)46(54)60-38(19-17-31-16-15-28(2)29(3)22-31)32-12-11-13-35(24-32)59-27-34(49)18-20-42(51)61-48-41(50)26-40(45(48)53)62(7,55)56;;/h11-13,15-16,22-25,36-38,40H,7-10,14,17-21,26-27H2,1-6H3,(H,55,56);2*1H4/t36-,37-,38+,40?;;/m0../s1. The molecule has 2 heterocycles. The molecule has 3 aromatic carbocycles. The van der Waals surface area contributed by atoms with Crippen molar-refractivity contribution in [2.24, 2.45) is 0 Å². The number of likely N-dealkylation sites (tertiary alicyclic amines) is 1. The quantitative estimate of drug-likeness (QED) is 0.0722. The van der Waals surface area contributed by atoms with Gasteiger partial charge in [-0.15, -0.1) is 5.06 Å². The zero-order valence-electron chi connectivity index (χ0n) is 36.1. The van der Waals surface area contributed by atoms with E-state index in [0.717, 1.165) is 40.7 Å². The first kappa shape index (κ1) is 52.6. The van der Waals surface area contributed by atoms with Crippen LogP contribution >= 0.6 is 0 Å². The van der Waals surface area contributed by atoms with E-state index in [-0.39, 0.29) is 32.2 Å². The molecule has 0 aliphatic carbocycles. The number of piperidine rings is 1. The minimum Gasteiger partial charge on any atom is -0.493 e. The van der Waals surface area contributed by atoms with Crippen molar-refractivity contribution in [1.29, 1.82) is 0 Å². The second-order valence-electron chi connectivity index (χ2n) is 15.7. The lowest BCUT2D eigenvalue weighted by molar-refractivity contribution is -0.197. The Morgan fingerprint density at radius 1 is 0.906 bits per heavy atom. The molecule has 3 amide bonds. The number of carbonyl (C=O) groups excluding carboxylic acids is 6. The van der Waals surface area contributed by atoms with Crippen molar-refractivity contribution < 1.29 is 61.3 Å². The van der Waals surface area contributed by atoms with E-state index in [1.807, 2.05) is 52.0 Å². The van der Waals surface area contributed by atoms with Crippen LogP contribution in [0.5, 0.6) is 17.2 Å². The summed E-state index contributed by atoms with van der Waals surface area (Å²) in [4.78, 5) is 84.7. The van der Waals surface area contributed by atoms with Gasteiger partial charge in [0.1, 0.15) is 29.8 Å². The fourth-order valence-electron chi connectivity index (χ4n) is 7.74. The minimum absolute atomic E-state index is 0. The third-order valence-electron chi connectivity index (χ3n) is 11.3. The van der Waals surface area contributed by atoms with E-state index >= 15 is 0 Å². The molecule has 2 aliphatic rings. The number of aryl methyl sites for hydroxylation is 4. The number of ether oxygens (including phenoxy) is 4. The number of nitrogens with zero attached hydrogens (tertiary/aromatic N) is 2. The normalized spacial score (nSPS) is 17.8. The lowest BCUT2D eigenvalue weighted by Crippen LogP contribution is -2.50. The number of methoxy groups -OCH3 is 2. The average Bonchev–Trinajstić information content (AvgIpc) is 3.53. The zero-order valence-corrected chi connectivity index (χ0v) is 37.0. The first-order valence-electron chi connectivity index (χ1n) is 20.7. The van der Waals surface area contributed by atoms with Gasteiger partial charge in [0.15, 0.2) is 17.3 Å². The number of hydrogen-bond donors (Lipinski definition) is 1. The zero-order chi connectivity index (χ0) is 45.3. The number of ketones is 1. The van der Waals surface area contributed by atoms with Crippen LogP contribution in [-0.4, -0.2) is 98.7 Å². The second-order valence-corrected chi connectivity index (χ2v) is 17.7. The molecule has 0 saturated carbocycles. The highest BCUT2D eigenvalue weighted by Gasteiger charge is 2.46. The maximum absolute atomic E-state index is 14.4. The predicted octanol–water partition coefficient (Wildman–Crippen LogP) is 7.20. The molecule has 5 atom stereocenters. The summed E-state index contributed by atoms with van der Waals surface area (Å²) in [6.07, 6.45) is 1.20. The Morgan fingerprint density at radius 3 is 2.28 bits per heavy atom. The number of hydrogen-bond acceptors (Lipinski definition) is 12. The Balaban J connectivity index is 0.00000544. The summed E-state index contributed by atoms with van der Waals surface area (Å²) < 4.78 is 44.7. The van der Waals surface area contributed by atoms with E-state index in [4.69, 9.17) is 23.8 Å². The summed E-state index contributed by atoms with van der Waals surface area (Å²) in [6, 6.07) is 16.0. The van der Waals surface area contributed by atoms with Crippen molar-refractivity contribution in [3.05, 3.63) is 88.0 Å². The SMILES string of the molecule is C.C.C=S(=O)(O)C1CC(=O)N(OC(=O)CCC(=O)COc2cccc([C@@H](CCc3ccc(C)c(C)c3)OC(=O)[C@@H]3CCCCN3C(=O)[C@@H](CC)c3cc(C)c(OC)c(OC)c3)c2)C1=O. The van der Waals surface area contributed by atoms with Gasteiger partial charge in [-0.25, -0.2) is 13.8 Å². The third-order valence-corrected chi connectivity index (χ3v) is 12.6. The van der Waals surface area contributed by atoms with Crippen LogP contribution in [-0.2, 0) is 54.6 Å². The number of esters is 1. The average molecular weight is 909 g/mol. The van der Waals surface area contributed by atoms with Gasteiger partial charge < -0.3 is 33.2 Å². The van der Waals surface area contributed by atoms with Gasteiger partial charge in [0, 0.05) is 13.0 Å². The molecule has 15 nitrogen and oxygen atoms in total. The van der Waals surface area contributed by atoms with Crippen molar-refractivity contribution in [3.63, 3.8) is 0 Å². The van der Waals surface area contributed by atoms with Gasteiger partial charge in [-0.3, -0.25) is 19.2 Å². The molecular formula is C48H64N2O13S. The van der Waals surface area contributed by atoms with E-state index in [1.165, 1.54) is 0 Å². The molecule has 64 heavy (non-hydrogen) atoms. The van der Waals surface area contributed by atoms with Gasteiger partial charge in [-0.05, 0) is 117 Å². The lowest BCUT2D eigenvalue weighted by Gasteiger charge is -2.37. The number of amides is 3. The fourth-order valence-corrected chi connectivity index (χ4v) is 8.55. The smallest absolute Gasteiger partial charge is 0.333 e. The Labute approximate surface area is 377 Å². The largest absolute Gasteiger partial charge is 0.493 e. The number of hydroxylamine groups is 2. The summed E-state index contributed by atoms with van der Waals surface area (Å²) in [7, 11) is -0.778. The highest BCUT2D eigenvalue weighted by atomic mass is 32.2. The van der Waals surface area contributed by atoms with E-state index in [0.29, 0.717) is 55.0 Å². The van der Waals surface area contributed by atoms with Gasteiger partial charge in [0.25, 0.3) is 11.8 Å². The Hall–Kier alpha value is -5.74. The molecule has 2 saturated heterocycles. The highest BCUT2D eigenvalue weighted by molar-refractivity contribution is 7.96. The summed E-state index contributed by atoms with van der Waals surface area (Å²) in [5.41, 5.74) is 5.56. The van der Waals surface area contributed by atoms with Crippen LogP contribution in [0.4, 0.5) is 0 Å². The predicted molar refractivity (Wildman–Crippen MR) is 244 cm³/mol. The summed E-state index contributed by atoms with van der Waals surface area (Å²) in [5.74, 6) is -0.473.